The third-order valence-electron chi connectivity index (χ3n) is 2.55. The van der Waals surface area contributed by atoms with Gasteiger partial charge in [0, 0.05) is 24.5 Å². The van der Waals surface area contributed by atoms with Crippen LogP contribution in [0, 0.1) is 0 Å². The van der Waals surface area contributed by atoms with Gasteiger partial charge in [-0.25, -0.2) is 0 Å². The highest BCUT2D eigenvalue weighted by atomic mass is 16.2. The summed E-state index contributed by atoms with van der Waals surface area (Å²) < 4.78 is 1.41. The SMILES string of the molecule is Nc1ccc(=O)n(C2CCCNC2=O)c1. The number of nitrogen functional groups attached to an aromatic ring is 1. The molecule has 1 atom stereocenters. The number of aromatic nitrogens is 1. The van der Waals surface area contributed by atoms with Gasteiger partial charge in [0.25, 0.3) is 5.56 Å². The summed E-state index contributed by atoms with van der Waals surface area (Å²) in [5.41, 5.74) is 5.89. The largest absolute Gasteiger partial charge is 0.398 e. The maximum Gasteiger partial charge on any atom is 0.251 e. The predicted octanol–water partition coefficient (Wildman–Crippen LogP) is -0.118. The zero-order valence-corrected chi connectivity index (χ0v) is 8.27. The molecule has 5 nitrogen and oxygen atoms in total. The van der Waals surface area contributed by atoms with Crippen molar-refractivity contribution in [3.63, 3.8) is 0 Å². The highest BCUT2D eigenvalue weighted by Crippen LogP contribution is 2.16. The number of carbonyl (C=O) groups is 1. The fourth-order valence-corrected chi connectivity index (χ4v) is 1.79. The standard InChI is InChI=1S/C10H13N3O2/c11-7-3-4-9(14)13(6-7)8-2-1-5-12-10(8)15/h3-4,6,8H,1-2,5,11H2,(H,12,15). The molecule has 2 heterocycles. The van der Waals surface area contributed by atoms with Crippen LogP contribution in [-0.4, -0.2) is 17.0 Å². The molecule has 1 fully saturated rings. The van der Waals surface area contributed by atoms with Crippen LogP contribution in [-0.2, 0) is 4.79 Å². The van der Waals surface area contributed by atoms with Crippen LogP contribution in [0.5, 0.6) is 0 Å². The first-order chi connectivity index (χ1) is 7.18. The minimum absolute atomic E-state index is 0.103. The summed E-state index contributed by atoms with van der Waals surface area (Å²) in [6, 6.07) is 2.52. The number of hydrogen-bond donors (Lipinski definition) is 2. The summed E-state index contributed by atoms with van der Waals surface area (Å²) >= 11 is 0. The lowest BCUT2D eigenvalue weighted by Gasteiger charge is -2.23. The number of hydrogen-bond acceptors (Lipinski definition) is 3. The molecule has 0 radical (unpaired) electrons. The fourth-order valence-electron chi connectivity index (χ4n) is 1.79. The van der Waals surface area contributed by atoms with Crippen molar-refractivity contribution in [2.45, 2.75) is 18.9 Å². The van der Waals surface area contributed by atoms with Crippen LogP contribution in [0.3, 0.4) is 0 Å². The Balaban J connectivity index is 2.39. The number of rotatable bonds is 1. The van der Waals surface area contributed by atoms with Gasteiger partial charge >= 0.3 is 0 Å². The number of pyridine rings is 1. The molecule has 3 N–H and O–H groups in total. The van der Waals surface area contributed by atoms with E-state index in [1.54, 1.807) is 6.07 Å². The quantitative estimate of drug-likeness (QED) is 0.674. The smallest absolute Gasteiger partial charge is 0.251 e. The number of carbonyl (C=O) groups excluding carboxylic acids is 1. The second kappa shape index (κ2) is 3.76. The number of amides is 1. The van der Waals surface area contributed by atoms with Gasteiger partial charge in [-0.1, -0.05) is 0 Å². The van der Waals surface area contributed by atoms with E-state index >= 15 is 0 Å². The third kappa shape index (κ3) is 1.86. The van der Waals surface area contributed by atoms with E-state index in [1.165, 1.54) is 16.8 Å². The Morgan fingerprint density at radius 2 is 2.20 bits per heavy atom. The molecule has 0 bridgehead atoms. The van der Waals surface area contributed by atoms with Crippen molar-refractivity contribution in [1.29, 1.82) is 0 Å². The maximum atomic E-state index is 11.5. The summed E-state index contributed by atoms with van der Waals surface area (Å²) in [5, 5.41) is 2.74. The van der Waals surface area contributed by atoms with Gasteiger partial charge in [-0.2, -0.15) is 0 Å². The Hall–Kier alpha value is -1.78. The molecule has 1 aromatic rings. The molecule has 80 valence electrons. The van der Waals surface area contributed by atoms with Crippen LogP contribution >= 0.6 is 0 Å². The van der Waals surface area contributed by atoms with Gasteiger partial charge in [-0.3, -0.25) is 9.59 Å². The lowest BCUT2D eigenvalue weighted by molar-refractivity contribution is -0.125. The molecule has 0 aromatic carbocycles. The van der Waals surface area contributed by atoms with Crippen molar-refractivity contribution >= 4 is 11.6 Å². The van der Waals surface area contributed by atoms with Gasteiger partial charge in [-0.15, -0.1) is 0 Å². The van der Waals surface area contributed by atoms with Gasteiger partial charge in [-0.05, 0) is 18.9 Å². The summed E-state index contributed by atoms with van der Waals surface area (Å²) in [7, 11) is 0. The maximum absolute atomic E-state index is 11.5. The molecular weight excluding hydrogens is 194 g/mol. The van der Waals surface area contributed by atoms with Crippen LogP contribution in [0.1, 0.15) is 18.9 Å². The van der Waals surface area contributed by atoms with Crippen LogP contribution < -0.4 is 16.6 Å². The zero-order valence-electron chi connectivity index (χ0n) is 8.27. The van der Waals surface area contributed by atoms with E-state index in [4.69, 9.17) is 5.73 Å². The first kappa shape index (κ1) is 9.76. The molecule has 0 spiro atoms. The van der Waals surface area contributed by atoms with E-state index in [1.807, 2.05) is 0 Å². The van der Waals surface area contributed by atoms with E-state index in [9.17, 15) is 9.59 Å². The average Bonchev–Trinajstić information content (AvgIpc) is 2.23. The lowest BCUT2D eigenvalue weighted by Crippen LogP contribution is -2.41. The highest BCUT2D eigenvalue weighted by Gasteiger charge is 2.24. The van der Waals surface area contributed by atoms with Gasteiger partial charge < -0.3 is 15.6 Å². The molecular formula is C10H13N3O2. The van der Waals surface area contributed by atoms with Crippen molar-refractivity contribution < 1.29 is 4.79 Å². The Morgan fingerprint density at radius 3 is 2.93 bits per heavy atom. The second-order valence-corrected chi connectivity index (χ2v) is 3.66. The molecule has 1 aromatic heterocycles. The molecule has 1 amide bonds. The van der Waals surface area contributed by atoms with Crippen molar-refractivity contribution in [2.75, 3.05) is 12.3 Å². The van der Waals surface area contributed by atoms with Crippen LogP contribution in [0.25, 0.3) is 0 Å². The Bertz CT molecular complexity index is 439. The number of piperidine rings is 1. The van der Waals surface area contributed by atoms with Gasteiger partial charge in [0.2, 0.25) is 5.91 Å². The van der Waals surface area contributed by atoms with Gasteiger partial charge in [0.15, 0.2) is 0 Å². The molecule has 5 heteroatoms. The summed E-state index contributed by atoms with van der Waals surface area (Å²) in [6.07, 6.45) is 3.10. The van der Waals surface area contributed by atoms with E-state index < -0.39 is 6.04 Å². The average molecular weight is 207 g/mol. The lowest BCUT2D eigenvalue weighted by atomic mass is 10.1. The van der Waals surface area contributed by atoms with E-state index in [2.05, 4.69) is 5.32 Å². The first-order valence-corrected chi connectivity index (χ1v) is 4.94. The summed E-state index contributed by atoms with van der Waals surface area (Å²) in [6.45, 7) is 0.687. The molecule has 1 aliphatic rings. The molecule has 1 aliphatic heterocycles. The summed E-state index contributed by atoms with van der Waals surface area (Å²) in [5.74, 6) is -0.103. The van der Waals surface area contributed by atoms with Crippen molar-refractivity contribution in [2.24, 2.45) is 0 Å². The molecule has 0 aliphatic carbocycles. The zero-order chi connectivity index (χ0) is 10.8. The minimum atomic E-state index is -0.408. The van der Waals surface area contributed by atoms with Gasteiger partial charge in [0.1, 0.15) is 6.04 Å². The number of nitrogens with one attached hydrogen (secondary N) is 1. The monoisotopic (exact) mass is 207 g/mol. The number of nitrogens with two attached hydrogens (primary N) is 1. The van der Waals surface area contributed by atoms with E-state index in [-0.39, 0.29) is 11.5 Å². The molecule has 2 rings (SSSR count). The molecule has 1 saturated heterocycles. The second-order valence-electron chi connectivity index (χ2n) is 3.66. The van der Waals surface area contributed by atoms with Gasteiger partial charge in [0.05, 0.1) is 0 Å². The summed E-state index contributed by atoms with van der Waals surface area (Å²) in [4.78, 5) is 23.1. The number of anilines is 1. The van der Waals surface area contributed by atoms with Crippen LogP contribution in [0.2, 0.25) is 0 Å². The van der Waals surface area contributed by atoms with Crippen LogP contribution in [0.4, 0.5) is 5.69 Å². The normalized spacial score (nSPS) is 21.1. The topological polar surface area (TPSA) is 77.1 Å². The molecule has 15 heavy (non-hydrogen) atoms. The molecule has 0 saturated carbocycles. The van der Waals surface area contributed by atoms with Crippen molar-refractivity contribution in [3.8, 4) is 0 Å². The first-order valence-electron chi connectivity index (χ1n) is 4.94. The van der Waals surface area contributed by atoms with Crippen molar-refractivity contribution in [3.05, 3.63) is 28.7 Å². The highest BCUT2D eigenvalue weighted by molar-refractivity contribution is 5.81. The van der Waals surface area contributed by atoms with Crippen LogP contribution in [0.15, 0.2) is 23.1 Å². The van der Waals surface area contributed by atoms with E-state index in [0.717, 1.165) is 6.42 Å². The van der Waals surface area contributed by atoms with E-state index in [0.29, 0.717) is 18.7 Å². The van der Waals surface area contributed by atoms with Crippen molar-refractivity contribution in [1.82, 2.24) is 9.88 Å². The fraction of sp³-hybridized carbons (Fsp3) is 0.400. The minimum Gasteiger partial charge on any atom is -0.398 e. The Labute approximate surface area is 86.9 Å². The Morgan fingerprint density at radius 1 is 1.40 bits per heavy atom. The predicted molar refractivity (Wildman–Crippen MR) is 56.4 cm³/mol. The third-order valence-corrected chi connectivity index (χ3v) is 2.55. The number of nitrogens with zero attached hydrogens (tertiary/aromatic N) is 1. The molecule has 1 unspecified atom stereocenters. The Kier molecular flexibility index (Phi) is 2.45.